The van der Waals surface area contributed by atoms with E-state index in [4.69, 9.17) is 15.9 Å². The molecule has 0 rings (SSSR count). The van der Waals surface area contributed by atoms with Gasteiger partial charge in [0, 0.05) is 7.11 Å². The number of hydrogen-bond donors (Lipinski definition) is 4. The van der Waals surface area contributed by atoms with Gasteiger partial charge >= 0.3 is 11.9 Å². The fraction of sp³-hybridized carbons (Fsp3) is 0.625. The lowest BCUT2D eigenvalue weighted by Gasteiger charge is -2.13. The van der Waals surface area contributed by atoms with Crippen LogP contribution in [0.2, 0.25) is 0 Å². The Kier molecular flexibility index (Phi) is 6.04. The molecule has 0 heterocycles. The number of carboxylic acid groups (broad SMARTS) is 2. The molecule has 8 nitrogen and oxygen atoms in total. The number of hydrogen-bond acceptors (Lipinski definition) is 5. The van der Waals surface area contributed by atoms with E-state index in [2.05, 4.69) is 10.1 Å². The molecular weight excluding hydrogens is 220 g/mol. The summed E-state index contributed by atoms with van der Waals surface area (Å²) in [7, 11) is 1.18. The lowest BCUT2D eigenvalue weighted by atomic mass is 10.2. The van der Waals surface area contributed by atoms with Gasteiger partial charge < -0.3 is 26.0 Å². The van der Waals surface area contributed by atoms with Gasteiger partial charge in [-0.15, -0.1) is 0 Å². The van der Waals surface area contributed by atoms with Crippen LogP contribution in [0.4, 0.5) is 0 Å². The molecule has 0 spiro atoms. The third-order valence-electron chi connectivity index (χ3n) is 1.75. The molecular formula is C8H14N2O6. The van der Waals surface area contributed by atoms with Crippen molar-refractivity contribution in [2.24, 2.45) is 5.73 Å². The van der Waals surface area contributed by atoms with Crippen molar-refractivity contribution in [3.8, 4) is 0 Å². The van der Waals surface area contributed by atoms with Crippen LogP contribution in [0.5, 0.6) is 0 Å². The predicted molar refractivity (Wildman–Crippen MR) is 51.7 cm³/mol. The van der Waals surface area contributed by atoms with Crippen molar-refractivity contribution < 1.29 is 29.3 Å². The van der Waals surface area contributed by atoms with Crippen LogP contribution in [0.3, 0.4) is 0 Å². The van der Waals surface area contributed by atoms with E-state index in [0.29, 0.717) is 0 Å². The van der Waals surface area contributed by atoms with Crippen molar-refractivity contribution in [3.63, 3.8) is 0 Å². The molecule has 2 unspecified atom stereocenters. The average molecular weight is 234 g/mol. The van der Waals surface area contributed by atoms with Crippen molar-refractivity contribution in [2.75, 3.05) is 13.7 Å². The Bertz CT molecular complexity index is 280. The normalized spacial score (nSPS) is 13.9. The van der Waals surface area contributed by atoms with E-state index in [1.807, 2.05) is 0 Å². The van der Waals surface area contributed by atoms with Crippen LogP contribution in [0.15, 0.2) is 0 Å². The fourth-order valence-corrected chi connectivity index (χ4v) is 0.877. The summed E-state index contributed by atoms with van der Waals surface area (Å²) in [5.74, 6) is -3.16. The maximum absolute atomic E-state index is 11.2. The average Bonchev–Trinajstić information content (AvgIpc) is 2.16. The molecule has 0 aromatic rings. The minimum absolute atomic E-state index is 0.266. The van der Waals surface area contributed by atoms with Gasteiger partial charge in [-0.1, -0.05) is 0 Å². The third kappa shape index (κ3) is 5.27. The van der Waals surface area contributed by atoms with Gasteiger partial charge in [0.1, 0.15) is 0 Å². The number of aliphatic carboxylic acids is 2. The quantitative estimate of drug-likeness (QED) is 0.399. The molecule has 0 saturated heterocycles. The first-order valence-electron chi connectivity index (χ1n) is 4.39. The zero-order valence-corrected chi connectivity index (χ0v) is 8.67. The highest BCUT2D eigenvalue weighted by Crippen LogP contribution is 1.91. The molecule has 0 bridgehead atoms. The summed E-state index contributed by atoms with van der Waals surface area (Å²) in [4.78, 5) is 31.9. The number of amides is 1. The highest BCUT2D eigenvalue weighted by atomic mass is 16.5. The van der Waals surface area contributed by atoms with Crippen molar-refractivity contribution >= 4 is 17.8 Å². The Hall–Kier alpha value is -1.67. The number of methoxy groups -OCH3 is 1. The number of carboxylic acids is 2. The zero-order valence-electron chi connectivity index (χ0n) is 8.67. The first kappa shape index (κ1) is 14.3. The first-order chi connectivity index (χ1) is 7.38. The van der Waals surface area contributed by atoms with Crippen molar-refractivity contribution in [3.05, 3.63) is 0 Å². The molecule has 0 aliphatic carbocycles. The zero-order chi connectivity index (χ0) is 12.7. The van der Waals surface area contributed by atoms with Gasteiger partial charge in [0.05, 0.1) is 19.0 Å². The summed E-state index contributed by atoms with van der Waals surface area (Å²) in [5, 5.41) is 19.1. The molecule has 1 amide bonds. The number of carbonyl (C=O) groups excluding carboxylic acids is 1. The molecule has 0 saturated carbocycles. The lowest BCUT2D eigenvalue weighted by molar-refractivity contribution is -0.148. The standard InChI is InChI=1S/C8H14N2O6/c1-16-5(8(14)15)3-10-7(13)4(9)2-6(11)12/h4-5H,2-3,9H2,1H3,(H,10,13)(H,11,12)(H,14,15). The molecule has 92 valence electrons. The van der Waals surface area contributed by atoms with Gasteiger partial charge in [-0.2, -0.15) is 0 Å². The van der Waals surface area contributed by atoms with Gasteiger partial charge in [-0.3, -0.25) is 9.59 Å². The molecule has 0 fully saturated rings. The topological polar surface area (TPSA) is 139 Å². The Labute approximate surface area is 91.4 Å². The first-order valence-corrected chi connectivity index (χ1v) is 4.39. The summed E-state index contributed by atoms with van der Waals surface area (Å²) in [6, 6.07) is -1.20. The minimum atomic E-state index is -1.23. The third-order valence-corrected chi connectivity index (χ3v) is 1.75. The van der Waals surface area contributed by atoms with E-state index in [0.717, 1.165) is 0 Å². The van der Waals surface area contributed by atoms with E-state index in [1.165, 1.54) is 7.11 Å². The number of carbonyl (C=O) groups is 3. The van der Waals surface area contributed by atoms with E-state index in [9.17, 15) is 14.4 Å². The number of nitrogens with one attached hydrogen (secondary N) is 1. The molecule has 0 aromatic carbocycles. The maximum atomic E-state index is 11.2. The summed E-state index contributed by atoms with van der Waals surface area (Å²) < 4.78 is 4.55. The summed E-state index contributed by atoms with van der Waals surface area (Å²) in [6.07, 6.45) is -1.70. The van der Waals surface area contributed by atoms with E-state index < -0.39 is 36.4 Å². The predicted octanol–water partition coefficient (Wildman–Crippen LogP) is -2.00. The molecule has 0 aromatic heterocycles. The van der Waals surface area contributed by atoms with Crippen LogP contribution in [0.1, 0.15) is 6.42 Å². The Morgan fingerprint density at radius 3 is 2.31 bits per heavy atom. The number of rotatable bonds is 7. The Morgan fingerprint density at radius 1 is 1.38 bits per heavy atom. The Morgan fingerprint density at radius 2 is 1.94 bits per heavy atom. The van der Waals surface area contributed by atoms with Gasteiger partial charge in [-0.25, -0.2) is 4.79 Å². The van der Waals surface area contributed by atoms with Crippen molar-refractivity contribution in [1.82, 2.24) is 5.32 Å². The largest absolute Gasteiger partial charge is 0.481 e. The highest BCUT2D eigenvalue weighted by molar-refractivity contribution is 5.86. The van der Waals surface area contributed by atoms with Crippen molar-refractivity contribution in [1.29, 1.82) is 0 Å². The summed E-state index contributed by atoms with van der Waals surface area (Å²) in [6.45, 7) is -0.266. The molecule has 8 heteroatoms. The van der Waals surface area contributed by atoms with Crippen LogP contribution in [0, 0.1) is 0 Å². The maximum Gasteiger partial charge on any atom is 0.334 e. The van der Waals surface area contributed by atoms with Crippen molar-refractivity contribution in [2.45, 2.75) is 18.6 Å². The molecule has 0 aliphatic rings. The van der Waals surface area contributed by atoms with Gasteiger partial charge in [0.2, 0.25) is 5.91 Å². The Balaban J connectivity index is 4.05. The second-order valence-corrected chi connectivity index (χ2v) is 3.01. The summed E-state index contributed by atoms with van der Waals surface area (Å²) >= 11 is 0. The second-order valence-electron chi connectivity index (χ2n) is 3.01. The molecule has 2 atom stereocenters. The van der Waals surface area contributed by atoms with Crippen LogP contribution >= 0.6 is 0 Å². The number of nitrogens with two attached hydrogens (primary N) is 1. The van der Waals surface area contributed by atoms with E-state index in [1.54, 1.807) is 0 Å². The molecule has 0 radical (unpaired) electrons. The summed E-state index contributed by atoms with van der Waals surface area (Å²) in [5.41, 5.74) is 5.24. The van der Waals surface area contributed by atoms with Crippen LogP contribution in [-0.4, -0.2) is 53.9 Å². The van der Waals surface area contributed by atoms with E-state index >= 15 is 0 Å². The monoisotopic (exact) mass is 234 g/mol. The van der Waals surface area contributed by atoms with Crippen LogP contribution < -0.4 is 11.1 Å². The molecule has 0 aliphatic heterocycles. The van der Waals surface area contributed by atoms with Crippen LogP contribution in [0.25, 0.3) is 0 Å². The van der Waals surface area contributed by atoms with Gasteiger partial charge in [0.15, 0.2) is 6.10 Å². The lowest BCUT2D eigenvalue weighted by Crippen LogP contribution is -2.46. The SMILES string of the molecule is COC(CNC(=O)C(N)CC(=O)O)C(=O)O. The number of ether oxygens (including phenoxy) is 1. The van der Waals surface area contributed by atoms with Gasteiger partial charge in [0.25, 0.3) is 0 Å². The molecule has 16 heavy (non-hydrogen) atoms. The molecule has 5 N–H and O–H groups in total. The fourth-order valence-electron chi connectivity index (χ4n) is 0.877. The highest BCUT2D eigenvalue weighted by Gasteiger charge is 2.21. The van der Waals surface area contributed by atoms with Crippen LogP contribution in [-0.2, 0) is 19.1 Å². The van der Waals surface area contributed by atoms with E-state index in [-0.39, 0.29) is 6.54 Å². The second kappa shape index (κ2) is 6.75. The smallest absolute Gasteiger partial charge is 0.334 e. The van der Waals surface area contributed by atoms with Gasteiger partial charge in [-0.05, 0) is 0 Å². The minimum Gasteiger partial charge on any atom is -0.481 e.